The van der Waals surface area contributed by atoms with E-state index in [1.807, 2.05) is 0 Å². The number of carbonyl (C=O) groups is 1. The van der Waals surface area contributed by atoms with Crippen LogP contribution in [0.4, 0.5) is 0 Å². The van der Waals surface area contributed by atoms with Crippen LogP contribution in [0.15, 0.2) is 0 Å². The SMILES string of the molecule is CNC(CN)CCC(=O)O. The lowest BCUT2D eigenvalue weighted by atomic mass is 10.1. The van der Waals surface area contributed by atoms with Gasteiger partial charge in [-0.1, -0.05) is 0 Å². The van der Waals surface area contributed by atoms with E-state index in [9.17, 15) is 4.79 Å². The van der Waals surface area contributed by atoms with Gasteiger partial charge in [-0.2, -0.15) is 0 Å². The maximum atomic E-state index is 10.1. The molecule has 0 aliphatic carbocycles. The highest BCUT2D eigenvalue weighted by molar-refractivity contribution is 5.66. The molecular formula is C6H14N2O2. The van der Waals surface area contributed by atoms with Gasteiger partial charge in [0.2, 0.25) is 0 Å². The van der Waals surface area contributed by atoms with Crippen LogP contribution in [-0.2, 0) is 4.79 Å². The Morgan fingerprint density at radius 2 is 2.40 bits per heavy atom. The molecule has 4 heteroatoms. The van der Waals surface area contributed by atoms with Gasteiger partial charge in [0, 0.05) is 19.0 Å². The van der Waals surface area contributed by atoms with Gasteiger partial charge in [0.1, 0.15) is 0 Å². The zero-order valence-corrected chi connectivity index (χ0v) is 6.13. The molecule has 0 radical (unpaired) electrons. The molecule has 0 aliphatic heterocycles. The van der Waals surface area contributed by atoms with Gasteiger partial charge >= 0.3 is 5.97 Å². The first-order valence-corrected chi connectivity index (χ1v) is 3.29. The van der Waals surface area contributed by atoms with Gasteiger partial charge in [0.05, 0.1) is 0 Å². The van der Waals surface area contributed by atoms with Crippen molar-refractivity contribution in [2.75, 3.05) is 13.6 Å². The molecule has 0 aliphatic rings. The van der Waals surface area contributed by atoms with Gasteiger partial charge in [0.25, 0.3) is 0 Å². The number of aliphatic carboxylic acids is 1. The molecule has 60 valence electrons. The monoisotopic (exact) mass is 146 g/mol. The molecule has 0 heterocycles. The van der Waals surface area contributed by atoms with Gasteiger partial charge in [-0.3, -0.25) is 4.79 Å². The van der Waals surface area contributed by atoms with Gasteiger partial charge < -0.3 is 16.2 Å². The molecule has 4 N–H and O–H groups in total. The number of likely N-dealkylation sites (N-methyl/N-ethyl adjacent to an activating group) is 1. The topological polar surface area (TPSA) is 75.3 Å². The second-order valence-corrected chi connectivity index (χ2v) is 2.15. The smallest absolute Gasteiger partial charge is 0.303 e. The highest BCUT2D eigenvalue weighted by Crippen LogP contribution is 1.93. The number of nitrogens with two attached hydrogens (primary N) is 1. The summed E-state index contributed by atoms with van der Waals surface area (Å²) in [6.07, 6.45) is 0.783. The molecule has 0 aromatic heterocycles. The van der Waals surface area contributed by atoms with E-state index < -0.39 is 5.97 Å². The summed E-state index contributed by atoms with van der Waals surface area (Å²) in [5.41, 5.74) is 5.31. The summed E-state index contributed by atoms with van der Waals surface area (Å²) in [6, 6.07) is 0.135. The molecule has 1 atom stereocenters. The van der Waals surface area contributed by atoms with Crippen LogP contribution in [0, 0.1) is 0 Å². The molecule has 0 saturated heterocycles. The second kappa shape index (κ2) is 5.20. The van der Waals surface area contributed by atoms with Crippen molar-refractivity contribution >= 4 is 5.97 Å². The summed E-state index contributed by atoms with van der Waals surface area (Å²) < 4.78 is 0. The van der Waals surface area contributed by atoms with Crippen molar-refractivity contribution in [3.05, 3.63) is 0 Å². The van der Waals surface area contributed by atoms with Crippen LogP contribution in [0.2, 0.25) is 0 Å². The third-order valence-electron chi connectivity index (χ3n) is 1.40. The molecule has 0 spiro atoms. The van der Waals surface area contributed by atoms with Crippen LogP contribution in [0.1, 0.15) is 12.8 Å². The number of hydrogen-bond acceptors (Lipinski definition) is 3. The van der Waals surface area contributed by atoms with Crippen molar-refractivity contribution in [3.8, 4) is 0 Å². The average molecular weight is 146 g/mol. The van der Waals surface area contributed by atoms with E-state index in [0.717, 1.165) is 0 Å². The van der Waals surface area contributed by atoms with Gasteiger partial charge in [-0.05, 0) is 13.5 Å². The van der Waals surface area contributed by atoms with Crippen LogP contribution < -0.4 is 11.1 Å². The molecular weight excluding hydrogens is 132 g/mol. The predicted molar refractivity (Wildman–Crippen MR) is 38.8 cm³/mol. The van der Waals surface area contributed by atoms with E-state index in [0.29, 0.717) is 13.0 Å². The summed E-state index contributed by atoms with van der Waals surface area (Å²) in [5.74, 6) is -0.770. The van der Waals surface area contributed by atoms with Crippen LogP contribution >= 0.6 is 0 Å². The fraction of sp³-hybridized carbons (Fsp3) is 0.833. The van der Waals surface area contributed by atoms with Crippen LogP contribution in [0.3, 0.4) is 0 Å². The third-order valence-corrected chi connectivity index (χ3v) is 1.40. The molecule has 0 amide bonds. The molecule has 0 saturated carbocycles. The van der Waals surface area contributed by atoms with E-state index >= 15 is 0 Å². The standard InChI is InChI=1S/C6H14N2O2/c1-8-5(4-7)2-3-6(9)10/h5,8H,2-4,7H2,1H3,(H,9,10). The highest BCUT2D eigenvalue weighted by Gasteiger charge is 2.04. The maximum Gasteiger partial charge on any atom is 0.303 e. The van der Waals surface area contributed by atoms with E-state index in [1.165, 1.54) is 0 Å². The van der Waals surface area contributed by atoms with E-state index in [1.54, 1.807) is 7.05 Å². The van der Waals surface area contributed by atoms with Crippen molar-refractivity contribution in [3.63, 3.8) is 0 Å². The van der Waals surface area contributed by atoms with Crippen molar-refractivity contribution in [1.29, 1.82) is 0 Å². The summed E-state index contributed by atoms with van der Waals surface area (Å²) in [4.78, 5) is 10.1. The number of rotatable bonds is 5. The summed E-state index contributed by atoms with van der Waals surface area (Å²) >= 11 is 0. The summed E-state index contributed by atoms with van der Waals surface area (Å²) in [6.45, 7) is 0.490. The Labute approximate surface area is 60.4 Å². The molecule has 0 rings (SSSR count). The average Bonchev–Trinajstić information content (AvgIpc) is 1.90. The lowest BCUT2D eigenvalue weighted by Gasteiger charge is -2.10. The Kier molecular flexibility index (Phi) is 4.88. The van der Waals surface area contributed by atoms with E-state index in [4.69, 9.17) is 10.8 Å². The third kappa shape index (κ3) is 4.29. The van der Waals surface area contributed by atoms with Crippen molar-refractivity contribution in [2.45, 2.75) is 18.9 Å². The number of carboxylic acids is 1. The van der Waals surface area contributed by atoms with Crippen LogP contribution in [0.5, 0.6) is 0 Å². The first-order valence-electron chi connectivity index (χ1n) is 3.29. The molecule has 0 aromatic rings. The minimum Gasteiger partial charge on any atom is -0.481 e. The fourth-order valence-corrected chi connectivity index (χ4v) is 0.678. The summed E-state index contributed by atoms with van der Waals surface area (Å²) in [7, 11) is 1.78. The lowest BCUT2D eigenvalue weighted by Crippen LogP contribution is -2.33. The molecule has 0 fully saturated rings. The maximum absolute atomic E-state index is 10.1. The Bertz CT molecular complexity index is 102. The predicted octanol–water partition coefficient (Wildman–Crippen LogP) is -0.602. The minimum absolute atomic E-state index is 0.135. The molecule has 4 nitrogen and oxygen atoms in total. The highest BCUT2D eigenvalue weighted by atomic mass is 16.4. The number of hydrogen-bond donors (Lipinski definition) is 3. The van der Waals surface area contributed by atoms with Gasteiger partial charge in [-0.25, -0.2) is 0 Å². The van der Waals surface area contributed by atoms with Gasteiger partial charge in [0.15, 0.2) is 0 Å². The van der Waals surface area contributed by atoms with Crippen molar-refractivity contribution in [2.24, 2.45) is 5.73 Å². The quantitative estimate of drug-likeness (QED) is 0.484. The fourth-order valence-electron chi connectivity index (χ4n) is 0.678. The molecule has 1 unspecified atom stereocenters. The first kappa shape index (κ1) is 9.39. The largest absolute Gasteiger partial charge is 0.481 e. The zero-order chi connectivity index (χ0) is 7.98. The Balaban J connectivity index is 3.34. The van der Waals surface area contributed by atoms with Crippen LogP contribution in [0.25, 0.3) is 0 Å². The molecule has 0 aromatic carbocycles. The van der Waals surface area contributed by atoms with Crippen molar-refractivity contribution in [1.82, 2.24) is 5.32 Å². The Morgan fingerprint density at radius 3 is 2.70 bits per heavy atom. The number of nitrogens with one attached hydrogen (secondary N) is 1. The van der Waals surface area contributed by atoms with Crippen molar-refractivity contribution < 1.29 is 9.90 Å². The van der Waals surface area contributed by atoms with E-state index in [-0.39, 0.29) is 12.5 Å². The zero-order valence-electron chi connectivity index (χ0n) is 6.13. The van der Waals surface area contributed by atoms with Gasteiger partial charge in [-0.15, -0.1) is 0 Å². The Hall–Kier alpha value is -0.610. The lowest BCUT2D eigenvalue weighted by molar-refractivity contribution is -0.137. The van der Waals surface area contributed by atoms with E-state index in [2.05, 4.69) is 5.32 Å². The Morgan fingerprint density at radius 1 is 1.80 bits per heavy atom. The number of carboxylic acid groups (broad SMARTS) is 1. The molecule has 0 bridgehead atoms. The minimum atomic E-state index is -0.770. The molecule has 10 heavy (non-hydrogen) atoms. The van der Waals surface area contributed by atoms with Crippen LogP contribution in [-0.4, -0.2) is 30.7 Å². The summed E-state index contributed by atoms with van der Waals surface area (Å²) in [5, 5.41) is 11.2. The first-order chi connectivity index (χ1) is 4.70. The normalized spacial score (nSPS) is 13.0. The second-order valence-electron chi connectivity index (χ2n) is 2.15.